The van der Waals surface area contributed by atoms with Gasteiger partial charge in [-0.25, -0.2) is 14.6 Å². The summed E-state index contributed by atoms with van der Waals surface area (Å²) >= 11 is 2.83. The zero-order chi connectivity index (χ0) is 29.0. The van der Waals surface area contributed by atoms with Crippen LogP contribution in [0.4, 0.5) is 9.59 Å². The molecule has 1 N–H and O–H groups in total. The number of carbonyl (C=O) groups is 2. The largest absolute Gasteiger partial charge is 0.497 e. The van der Waals surface area contributed by atoms with E-state index in [-0.39, 0.29) is 32.3 Å². The van der Waals surface area contributed by atoms with Gasteiger partial charge in [-0.3, -0.25) is 4.98 Å². The molecule has 0 aliphatic heterocycles. The average molecular weight is 597 g/mol. The highest BCUT2D eigenvalue weighted by atomic mass is 32.1. The van der Waals surface area contributed by atoms with Gasteiger partial charge in [-0.1, -0.05) is 42.5 Å². The number of benzene rings is 2. The van der Waals surface area contributed by atoms with Crippen LogP contribution < -0.4 is 9.47 Å². The summed E-state index contributed by atoms with van der Waals surface area (Å²) in [7, 11) is 3.12. The quantitative estimate of drug-likeness (QED) is 0.190. The second-order valence-electron chi connectivity index (χ2n) is 9.12. The second-order valence-corrected chi connectivity index (χ2v) is 11.0. The molecule has 1 unspecified atom stereocenters. The smallest absolute Gasteiger partial charge is 0.410 e. The number of thiazole rings is 2. The molecule has 0 aliphatic carbocycles. The highest BCUT2D eigenvalue weighted by Gasteiger charge is 2.28. The molecule has 0 saturated heterocycles. The lowest BCUT2D eigenvalue weighted by Gasteiger charge is -2.32. The topological polar surface area (TPSA) is 114 Å². The molecule has 12 heteroatoms. The number of amides is 2. The molecule has 0 radical (unpaired) electrons. The monoisotopic (exact) mass is 596 g/mol. The third-order valence-corrected chi connectivity index (χ3v) is 8.04. The van der Waals surface area contributed by atoms with Gasteiger partial charge in [0.15, 0.2) is 0 Å². The molecular formula is C29H32N4O6S2. The van der Waals surface area contributed by atoms with Gasteiger partial charge >= 0.3 is 12.2 Å². The van der Waals surface area contributed by atoms with Crippen LogP contribution >= 0.6 is 22.7 Å². The minimum atomic E-state index is -1.02. The lowest BCUT2D eigenvalue weighted by molar-refractivity contribution is 0.0718. The summed E-state index contributed by atoms with van der Waals surface area (Å²) < 4.78 is 16.3. The molecule has 0 saturated carbocycles. The minimum absolute atomic E-state index is 0.00826. The molecule has 0 bridgehead atoms. The predicted octanol–water partition coefficient (Wildman–Crippen LogP) is 5.94. The Morgan fingerprint density at radius 2 is 1.71 bits per heavy atom. The summed E-state index contributed by atoms with van der Waals surface area (Å²) in [6, 6.07) is 16.5. The minimum Gasteiger partial charge on any atom is -0.497 e. The summed E-state index contributed by atoms with van der Waals surface area (Å²) in [6.07, 6.45) is 1.13. The van der Waals surface area contributed by atoms with Crippen LogP contribution in [0, 0.1) is 0 Å². The highest BCUT2D eigenvalue weighted by molar-refractivity contribution is 7.10. The molecule has 41 heavy (non-hydrogen) atoms. The van der Waals surface area contributed by atoms with Crippen LogP contribution in [0.15, 0.2) is 71.8 Å². The molecule has 10 nitrogen and oxygen atoms in total. The van der Waals surface area contributed by atoms with Crippen molar-refractivity contribution in [3.8, 4) is 11.6 Å². The van der Waals surface area contributed by atoms with E-state index in [1.807, 2.05) is 54.6 Å². The van der Waals surface area contributed by atoms with Crippen LogP contribution in [0.25, 0.3) is 0 Å². The lowest BCUT2D eigenvalue weighted by Crippen LogP contribution is -2.43. The van der Waals surface area contributed by atoms with E-state index in [2.05, 4.69) is 9.97 Å². The number of hydrogen-bond acceptors (Lipinski definition) is 9. The number of carboxylic acid groups (broad SMARTS) is 1. The zero-order valence-electron chi connectivity index (χ0n) is 22.8. The fourth-order valence-electron chi connectivity index (χ4n) is 4.30. The summed E-state index contributed by atoms with van der Waals surface area (Å²) in [5, 5.41) is 9.96. The Bertz CT molecular complexity index is 1370. The van der Waals surface area contributed by atoms with E-state index in [9.17, 15) is 14.7 Å². The van der Waals surface area contributed by atoms with Crippen molar-refractivity contribution in [2.75, 3.05) is 20.8 Å². The van der Waals surface area contributed by atoms with E-state index in [0.717, 1.165) is 16.0 Å². The average Bonchev–Trinajstić information content (AvgIpc) is 3.69. The van der Waals surface area contributed by atoms with Crippen LogP contribution in [0.1, 0.15) is 27.3 Å². The van der Waals surface area contributed by atoms with Gasteiger partial charge in [0, 0.05) is 43.2 Å². The van der Waals surface area contributed by atoms with Gasteiger partial charge in [-0.05, 0) is 29.7 Å². The van der Waals surface area contributed by atoms with Crippen molar-refractivity contribution < 1.29 is 28.9 Å². The first kappa shape index (κ1) is 29.8. The molecule has 4 aromatic rings. The number of nitrogens with zero attached hydrogens (tertiary/aromatic N) is 4. The molecule has 216 valence electrons. The van der Waals surface area contributed by atoms with E-state index >= 15 is 0 Å². The van der Waals surface area contributed by atoms with Gasteiger partial charge in [-0.2, -0.15) is 0 Å². The fraction of sp³-hybridized carbons (Fsp3) is 0.310. The van der Waals surface area contributed by atoms with Crippen LogP contribution in [0.5, 0.6) is 11.6 Å². The standard InChI is InChI=1S/C29H32N4O6S2/c1-37-24-10-8-22(9-11-24)17-33(29(36)39-18-26-27(38-2)31-20-41-26)23(14-25-15-30-19-40-25)12-13-32(28(34)35)16-21-6-4-3-5-7-21/h3-11,15,19-20,23H,12-14,16-18H2,1-2H3,(H,34,35). The summed E-state index contributed by atoms with van der Waals surface area (Å²) in [6.45, 7) is 0.743. The SMILES string of the molecule is COc1ccc(CN(C(=O)OCc2scnc2OC)C(CCN(Cc2ccccc2)C(=O)O)Cc2cncs2)cc1. The van der Waals surface area contributed by atoms with E-state index in [4.69, 9.17) is 14.2 Å². The van der Waals surface area contributed by atoms with Crippen molar-refractivity contribution in [1.82, 2.24) is 19.8 Å². The van der Waals surface area contributed by atoms with Gasteiger partial charge < -0.3 is 29.1 Å². The third kappa shape index (κ3) is 8.66. The van der Waals surface area contributed by atoms with Crippen molar-refractivity contribution in [1.29, 1.82) is 0 Å². The molecule has 0 spiro atoms. The number of aromatic nitrogens is 2. The predicted molar refractivity (Wildman–Crippen MR) is 156 cm³/mol. The molecular weight excluding hydrogens is 564 g/mol. The van der Waals surface area contributed by atoms with Crippen molar-refractivity contribution in [2.24, 2.45) is 0 Å². The number of carbonyl (C=O) groups excluding carboxylic acids is 1. The Balaban J connectivity index is 1.58. The molecule has 2 heterocycles. The molecule has 2 aromatic heterocycles. The molecule has 1 atom stereocenters. The number of hydrogen-bond donors (Lipinski definition) is 1. The van der Waals surface area contributed by atoms with Gasteiger partial charge in [0.2, 0.25) is 5.88 Å². The van der Waals surface area contributed by atoms with E-state index in [0.29, 0.717) is 29.3 Å². The Hall–Kier alpha value is -4.16. The molecule has 2 aromatic carbocycles. The van der Waals surface area contributed by atoms with Gasteiger partial charge in [0.1, 0.15) is 17.2 Å². The number of ether oxygens (including phenoxy) is 3. The normalized spacial score (nSPS) is 11.5. The first-order valence-corrected chi connectivity index (χ1v) is 14.6. The second kappa shape index (κ2) is 15.0. The Morgan fingerprint density at radius 3 is 2.37 bits per heavy atom. The van der Waals surface area contributed by atoms with Crippen molar-refractivity contribution >= 4 is 34.9 Å². The van der Waals surface area contributed by atoms with E-state index < -0.39 is 12.2 Å². The van der Waals surface area contributed by atoms with Crippen molar-refractivity contribution in [3.63, 3.8) is 0 Å². The summed E-state index contributed by atoms with van der Waals surface area (Å²) in [5.41, 5.74) is 5.15. The van der Waals surface area contributed by atoms with E-state index in [1.54, 1.807) is 29.2 Å². The summed E-state index contributed by atoms with van der Waals surface area (Å²) in [5.74, 6) is 1.13. The molecule has 2 amide bonds. The maximum atomic E-state index is 13.7. The van der Waals surface area contributed by atoms with Crippen LogP contribution in [0.2, 0.25) is 0 Å². The number of rotatable bonds is 14. The van der Waals surface area contributed by atoms with Crippen LogP contribution in [-0.2, 0) is 30.9 Å². The fourth-order valence-corrected chi connectivity index (χ4v) is 5.60. The Labute approximate surface area is 246 Å². The maximum Gasteiger partial charge on any atom is 0.410 e. The molecule has 4 rings (SSSR count). The molecule has 0 aliphatic rings. The number of methoxy groups -OCH3 is 2. The zero-order valence-corrected chi connectivity index (χ0v) is 24.5. The van der Waals surface area contributed by atoms with Crippen molar-refractivity contribution in [2.45, 2.75) is 38.6 Å². The first-order valence-electron chi connectivity index (χ1n) is 12.9. The highest BCUT2D eigenvalue weighted by Crippen LogP contribution is 2.25. The summed E-state index contributed by atoms with van der Waals surface area (Å²) in [4.78, 5) is 38.9. The Kier molecular flexibility index (Phi) is 10.9. The van der Waals surface area contributed by atoms with Gasteiger partial charge in [-0.15, -0.1) is 22.7 Å². The maximum absolute atomic E-state index is 13.7. The van der Waals surface area contributed by atoms with Crippen molar-refractivity contribution in [3.05, 3.63) is 92.7 Å². The van der Waals surface area contributed by atoms with Crippen LogP contribution in [0.3, 0.4) is 0 Å². The van der Waals surface area contributed by atoms with Crippen LogP contribution in [-0.4, -0.2) is 63.9 Å². The van der Waals surface area contributed by atoms with E-state index in [1.165, 1.54) is 34.7 Å². The van der Waals surface area contributed by atoms with Gasteiger partial charge in [0.25, 0.3) is 0 Å². The molecule has 0 fully saturated rings. The third-order valence-electron chi connectivity index (χ3n) is 6.45. The Morgan fingerprint density at radius 1 is 0.951 bits per heavy atom. The first-order chi connectivity index (χ1) is 20.0. The lowest BCUT2D eigenvalue weighted by atomic mass is 10.1. The van der Waals surface area contributed by atoms with Gasteiger partial charge in [0.05, 0.1) is 25.2 Å².